The largest absolute Gasteiger partial charge is 0.507 e. The predicted octanol–water partition coefficient (Wildman–Crippen LogP) is 3.87. The molecule has 1 heterocycles. The second-order valence-corrected chi connectivity index (χ2v) is 8.12. The van der Waals surface area contributed by atoms with Gasteiger partial charge in [0.2, 0.25) is 17.4 Å². The maximum absolute atomic E-state index is 13.3. The van der Waals surface area contributed by atoms with Crippen LogP contribution in [0.5, 0.6) is 40.2 Å². The van der Waals surface area contributed by atoms with Gasteiger partial charge in [0.05, 0.1) is 48.2 Å². The highest BCUT2D eigenvalue weighted by molar-refractivity contribution is 5.92. The van der Waals surface area contributed by atoms with Crippen LogP contribution >= 0.6 is 0 Å². The Morgan fingerprint density at radius 2 is 1.29 bits per heavy atom. The standard InChI is InChI=1S/C27H31NO10/c1-14-8-18(29)24(27(31)38-14)17(15-9-19(32-2)25(36-6)20(10-15)33-3)13-23(30)28-16-11-21(34-4)26(37-7)22(12-16)35-5/h8-12,17,29H,13H2,1-7H3,(H,28,30)/t17-/m0/s1. The van der Waals surface area contributed by atoms with Crippen LogP contribution in [0.4, 0.5) is 5.69 Å². The number of benzene rings is 2. The Morgan fingerprint density at radius 3 is 1.71 bits per heavy atom. The summed E-state index contributed by atoms with van der Waals surface area (Å²) in [5.41, 5.74) is -0.0500. The third kappa shape index (κ3) is 5.72. The molecule has 0 unspecified atom stereocenters. The zero-order valence-electron chi connectivity index (χ0n) is 22.3. The van der Waals surface area contributed by atoms with E-state index in [9.17, 15) is 14.7 Å². The van der Waals surface area contributed by atoms with Crippen LogP contribution < -0.4 is 39.4 Å². The van der Waals surface area contributed by atoms with Crippen LogP contribution in [0.3, 0.4) is 0 Å². The van der Waals surface area contributed by atoms with Crippen molar-refractivity contribution in [3.8, 4) is 40.2 Å². The van der Waals surface area contributed by atoms with E-state index in [1.54, 1.807) is 24.3 Å². The molecule has 0 aliphatic rings. The van der Waals surface area contributed by atoms with Crippen LogP contribution in [0.25, 0.3) is 0 Å². The van der Waals surface area contributed by atoms with E-state index in [-0.39, 0.29) is 23.5 Å². The quantitative estimate of drug-likeness (QED) is 0.377. The second-order valence-electron chi connectivity index (χ2n) is 8.12. The Morgan fingerprint density at radius 1 is 0.816 bits per heavy atom. The third-order valence-electron chi connectivity index (χ3n) is 5.87. The fourth-order valence-corrected chi connectivity index (χ4v) is 4.17. The first kappa shape index (κ1) is 28.0. The molecule has 0 aliphatic carbocycles. The second kappa shape index (κ2) is 12.1. The molecule has 0 spiro atoms. The molecule has 3 aromatic rings. The average molecular weight is 530 g/mol. The first-order valence-corrected chi connectivity index (χ1v) is 11.4. The topological polar surface area (TPSA) is 135 Å². The molecule has 11 heteroatoms. The molecule has 0 bridgehead atoms. The van der Waals surface area contributed by atoms with E-state index < -0.39 is 17.5 Å². The number of amides is 1. The number of aryl methyl sites for hydroxylation is 1. The Bertz CT molecular complexity index is 1310. The maximum atomic E-state index is 13.3. The zero-order chi connectivity index (χ0) is 28.0. The molecule has 0 aliphatic heterocycles. The number of hydrogen-bond acceptors (Lipinski definition) is 10. The molecule has 2 N–H and O–H groups in total. The fourth-order valence-electron chi connectivity index (χ4n) is 4.17. The minimum Gasteiger partial charge on any atom is -0.507 e. The van der Waals surface area contributed by atoms with Crippen molar-refractivity contribution in [2.75, 3.05) is 48.0 Å². The summed E-state index contributed by atoms with van der Waals surface area (Å²) in [6, 6.07) is 7.69. The predicted molar refractivity (Wildman–Crippen MR) is 139 cm³/mol. The normalized spacial score (nSPS) is 11.3. The minimum absolute atomic E-state index is 0.0927. The molecule has 38 heavy (non-hydrogen) atoms. The molecule has 2 aromatic carbocycles. The average Bonchev–Trinajstić information content (AvgIpc) is 2.90. The molecule has 0 radical (unpaired) electrons. The summed E-state index contributed by atoms with van der Waals surface area (Å²) in [4.78, 5) is 26.2. The fraction of sp³-hybridized carbons (Fsp3) is 0.333. The highest BCUT2D eigenvalue weighted by atomic mass is 16.5. The van der Waals surface area contributed by atoms with Crippen molar-refractivity contribution < 1.29 is 42.7 Å². The van der Waals surface area contributed by atoms with Crippen molar-refractivity contribution in [1.29, 1.82) is 0 Å². The first-order valence-electron chi connectivity index (χ1n) is 11.4. The van der Waals surface area contributed by atoms with Crippen LogP contribution in [0, 0.1) is 6.92 Å². The van der Waals surface area contributed by atoms with E-state index in [1.165, 1.54) is 55.6 Å². The van der Waals surface area contributed by atoms with Crippen LogP contribution in [0.2, 0.25) is 0 Å². The van der Waals surface area contributed by atoms with Crippen LogP contribution in [-0.4, -0.2) is 53.7 Å². The van der Waals surface area contributed by atoms with Crippen LogP contribution in [0.1, 0.15) is 29.2 Å². The van der Waals surface area contributed by atoms with Gasteiger partial charge in [-0.3, -0.25) is 4.79 Å². The summed E-state index contributed by atoms with van der Waals surface area (Å²) in [5, 5.41) is 13.5. The van der Waals surface area contributed by atoms with E-state index in [0.717, 1.165) is 0 Å². The maximum Gasteiger partial charge on any atom is 0.343 e. The van der Waals surface area contributed by atoms with E-state index in [1.807, 2.05) is 0 Å². The van der Waals surface area contributed by atoms with Gasteiger partial charge in [-0.1, -0.05) is 0 Å². The Balaban J connectivity index is 2.10. The first-order chi connectivity index (χ1) is 18.2. The molecular formula is C27H31NO10. The highest BCUT2D eigenvalue weighted by Crippen LogP contribution is 2.43. The number of carbonyl (C=O) groups excluding carboxylic acids is 1. The molecule has 1 atom stereocenters. The third-order valence-corrected chi connectivity index (χ3v) is 5.87. The lowest BCUT2D eigenvalue weighted by molar-refractivity contribution is -0.116. The van der Waals surface area contributed by atoms with E-state index in [0.29, 0.717) is 45.7 Å². The molecule has 0 saturated carbocycles. The van der Waals surface area contributed by atoms with Gasteiger partial charge < -0.3 is 43.3 Å². The van der Waals surface area contributed by atoms with Crippen molar-refractivity contribution in [1.82, 2.24) is 0 Å². The van der Waals surface area contributed by atoms with Crippen molar-refractivity contribution in [3.05, 3.63) is 57.6 Å². The van der Waals surface area contributed by atoms with Crippen molar-refractivity contribution in [2.24, 2.45) is 0 Å². The number of aromatic hydroxyl groups is 1. The number of methoxy groups -OCH3 is 6. The summed E-state index contributed by atoms with van der Waals surface area (Å²) in [6.45, 7) is 1.54. The SMILES string of the molecule is COc1cc(NC(=O)C[C@@H](c2cc(OC)c(OC)c(OC)c2)c2c(O)cc(C)oc2=O)cc(OC)c1OC. The minimum atomic E-state index is -0.942. The van der Waals surface area contributed by atoms with Crippen molar-refractivity contribution >= 4 is 11.6 Å². The van der Waals surface area contributed by atoms with Gasteiger partial charge in [0, 0.05) is 36.2 Å². The molecule has 1 aromatic heterocycles. The van der Waals surface area contributed by atoms with Gasteiger partial charge in [-0.15, -0.1) is 0 Å². The number of anilines is 1. The monoisotopic (exact) mass is 529 g/mol. The summed E-state index contributed by atoms with van der Waals surface area (Å²) >= 11 is 0. The van der Waals surface area contributed by atoms with Gasteiger partial charge in [0.15, 0.2) is 23.0 Å². The number of carbonyl (C=O) groups is 1. The Kier molecular flexibility index (Phi) is 8.95. The molecule has 1 amide bonds. The van der Waals surface area contributed by atoms with E-state index >= 15 is 0 Å². The van der Waals surface area contributed by atoms with Crippen molar-refractivity contribution in [2.45, 2.75) is 19.3 Å². The number of rotatable bonds is 11. The van der Waals surface area contributed by atoms with E-state index in [4.69, 9.17) is 32.8 Å². The molecule has 11 nitrogen and oxygen atoms in total. The van der Waals surface area contributed by atoms with Gasteiger partial charge in [0.1, 0.15) is 11.5 Å². The summed E-state index contributed by atoms with van der Waals surface area (Å²) in [6.07, 6.45) is -0.253. The van der Waals surface area contributed by atoms with Crippen LogP contribution in [0.15, 0.2) is 39.5 Å². The van der Waals surface area contributed by atoms with Crippen molar-refractivity contribution in [3.63, 3.8) is 0 Å². The molecule has 0 saturated heterocycles. The zero-order valence-corrected chi connectivity index (χ0v) is 22.3. The molecule has 0 fully saturated rings. The van der Waals surface area contributed by atoms with Gasteiger partial charge >= 0.3 is 5.63 Å². The number of ether oxygens (including phenoxy) is 6. The van der Waals surface area contributed by atoms with Gasteiger partial charge in [-0.05, 0) is 24.6 Å². The van der Waals surface area contributed by atoms with Gasteiger partial charge in [-0.2, -0.15) is 0 Å². The smallest absolute Gasteiger partial charge is 0.343 e. The van der Waals surface area contributed by atoms with E-state index in [2.05, 4.69) is 5.32 Å². The molecule has 204 valence electrons. The Hall–Kier alpha value is -4.54. The number of hydrogen-bond donors (Lipinski definition) is 2. The summed E-state index contributed by atoms with van der Waals surface area (Å²) < 4.78 is 37.6. The van der Waals surface area contributed by atoms with Gasteiger partial charge in [0.25, 0.3) is 0 Å². The lowest BCUT2D eigenvalue weighted by Gasteiger charge is -2.21. The lowest BCUT2D eigenvalue weighted by Crippen LogP contribution is -2.21. The summed E-state index contributed by atoms with van der Waals surface area (Å²) in [7, 11) is 8.75. The van der Waals surface area contributed by atoms with Crippen LogP contribution in [-0.2, 0) is 4.79 Å². The molecule has 3 rings (SSSR count). The number of nitrogens with one attached hydrogen (secondary N) is 1. The highest BCUT2D eigenvalue weighted by Gasteiger charge is 2.28. The Labute approximate surface area is 219 Å². The van der Waals surface area contributed by atoms with Gasteiger partial charge in [-0.25, -0.2) is 4.79 Å². The summed E-state index contributed by atoms with van der Waals surface area (Å²) in [5.74, 6) is 0.519. The lowest BCUT2D eigenvalue weighted by atomic mass is 9.88. The molecular weight excluding hydrogens is 498 g/mol.